The van der Waals surface area contributed by atoms with Crippen LogP contribution >= 0.6 is 0 Å². The Bertz CT molecular complexity index is 365. The van der Waals surface area contributed by atoms with Crippen LogP contribution in [-0.2, 0) is 11.2 Å². The second-order valence-electron chi connectivity index (χ2n) is 4.46. The van der Waals surface area contributed by atoms with Crippen LogP contribution in [0.5, 0.6) is 0 Å². The Morgan fingerprint density at radius 1 is 1.44 bits per heavy atom. The molecule has 0 aromatic carbocycles. The number of rotatable bonds is 6. The molecule has 0 bridgehead atoms. The fourth-order valence-electron chi connectivity index (χ4n) is 1.73. The number of hydrogen-bond acceptors (Lipinski definition) is 3. The van der Waals surface area contributed by atoms with Crippen molar-refractivity contribution in [2.75, 3.05) is 13.2 Å². The zero-order valence-electron chi connectivity index (χ0n) is 9.35. The fraction of sp³-hybridized carbons (Fsp3) is 0.538. The van der Waals surface area contributed by atoms with E-state index in [9.17, 15) is 0 Å². The third kappa shape index (κ3) is 3.04. The Hall–Kier alpha value is -1.40. The summed E-state index contributed by atoms with van der Waals surface area (Å²) in [6.45, 7) is 1.43. The lowest BCUT2D eigenvalue weighted by Crippen LogP contribution is -2.11. The van der Waals surface area contributed by atoms with E-state index >= 15 is 0 Å². The molecule has 16 heavy (non-hydrogen) atoms. The lowest BCUT2D eigenvalue weighted by molar-refractivity contribution is 0.0936. The highest BCUT2D eigenvalue weighted by molar-refractivity contribution is 5.03. The topological polar surface area (TPSA) is 45.9 Å². The van der Waals surface area contributed by atoms with Crippen molar-refractivity contribution in [3.05, 3.63) is 30.1 Å². The minimum absolute atomic E-state index is 0.193. The third-order valence-electron chi connectivity index (χ3n) is 3.05. The van der Waals surface area contributed by atoms with Crippen molar-refractivity contribution < 1.29 is 4.74 Å². The minimum atomic E-state index is 0.193. The first-order chi connectivity index (χ1) is 7.85. The van der Waals surface area contributed by atoms with Crippen LogP contribution in [0, 0.1) is 16.7 Å². The third-order valence-corrected chi connectivity index (χ3v) is 3.05. The molecule has 1 aromatic heterocycles. The summed E-state index contributed by atoms with van der Waals surface area (Å²) in [6.07, 6.45) is 5.57. The summed E-state index contributed by atoms with van der Waals surface area (Å²) in [4.78, 5) is 4.23. The molecule has 1 aliphatic carbocycles. The van der Waals surface area contributed by atoms with Crippen molar-refractivity contribution in [2.45, 2.75) is 25.7 Å². The molecule has 1 saturated carbocycles. The van der Waals surface area contributed by atoms with Gasteiger partial charge in [0.15, 0.2) is 0 Å². The van der Waals surface area contributed by atoms with Crippen LogP contribution in [0.2, 0.25) is 0 Å². The summed E-state index contributed by atoms with van der Waals surface area (Å²) in [5.74, 6) is 0. The van der Waals surface area contributed by atoms with Crippen molar-refractivity contribution in [1.82, 2.24) is 4.98 Å². The standard InChI is InChI=1S/C13H16N2O/c14-8-7-13(5-6-13)11-16-10-4-12-3-1-2-9-15-12/h1-3,9H,4-7,10-11H2. The van der Waals surface area contributed by atoms with Gasteiger partial charge in [-0.2, -0.15) is 5.26 Å². The lowest BCUT2D eigenvalue weighted by atomic mass is 10.1. The molecule has 0 unspecified atom stereocenters. The predicted molar refractivity (Wildman–Crippen MR) is 60.7 cm³/mol. The molecule has 84 valence electrons. The average molecular weight is 216 g/mol. The molecule has 0 radical (unpaired) electrons. The molecule has 1 fully saturated rings. The van der Waals surface area contributed by atoms with E-state index in [-0.39, 0.29) is 5.41 Å². The Morgan fingerprint density at radius 3 is 2.94 bits per heavy atom. The van der Waals surface area contributed by atoms with E-state index in [1.54, 1.807) is 6.20 Å². The molecular weight excluding hydrogens is 200 g/mol. The molecule has 3 nitrogen and oxygen atoms in total. The minimum Gasteiger partial charge on any atom is -0.380 e. The van der Waals surface area contributed by atoms with Gasteiger partial charge >= 0.3 is 0 Å². The normalized spacial score (nSPS) is 16.7. The first kappa shape index (κ1) is 11.1. The van der Waals surface area contributed by atoms with Crippen LogP contribution in [-0.4, -0.2) is 18.2 Å². The van der Waals surface area contributed by atoms with Gasteiger partial charge in [0.25, 0.3) is 0 Å². The summed E-state index contributed by atoms with van der Waals surface area (Å²) in [7, 11) is 0. The van der Waals surface area contributed by atoms with Gasteiger partial charge in [-0.25, -0.2) is 0 Å². The van der Waals surface area contributed by atoms with E-state index in [1.165, 1.54) is 0 Å². The van der Waals surface area contributed by atoms with E-state index < -0.39 is 0 Å². The maximum Gasteiger partial charge on any atom is 0.0628 e. The summed E-state index contributed by atoms with van der Waals surface area (Å²) < 4.78 is 5.63. The molecule has 3 heteroatoms. The average Bonchev–Trinajstić information content (AvgIpc) is 3.07. The highest BCUT2D eigenvalue weighted by Gasteiger charge is 2.42. The maximum absolute atomic E-state index is 8.66. The quantitative estimate of drug-likeness (QED) is 0.686. The number of pyridine rings is 1. The Labute approximate surface area is 96.1 Å². The second-order valence-corrected chi connectivity index (χ2v) is 4.46. The smallest absolute Gasteiger partial charge is 0.0628 e. The van der Waals surface area contributed by atoms with Crippen LogP contribution in [0.3, 0.4) is 0 Å². The predicted octanol–water partition coefficient (Wildman–Crippen LogP) is 2.33. The van der Waals surface area contributed by atoms with Crippen LogP contribution in [0.25, 0.3) is 0 Å². The van der Waals surface area contributed by atoms with Crippen molar-refractivity contribution in [2.24, 2.45) is 5.41 Å². The fourth-order valence-corrected chi connectivity index (χ4v) is 1.73. The molecule has 0 N–H and O–H groups in total. The molecule has 0 amide bonds. The van der Waals surface area contributed by atoms with E-state index in [0.717, 1.165) is 31.6 Å². The summed E-state index contributed by atoms with van der Waals surface area (Å²) in [5, 5.41) is 8.66. The van der Waals surface area contributed by atoms with E-state index in [0.29, 0.717) is 13.0 Å². The van der Waals surface area contributed by atoms with E-state index in [1.807, 2.05) is 18.2 Å². The second kappa shape index (κ2) is 5.09. The molecular formula is C13H16N2O. The van der Waals surface area contributed by atoms with Crippen molar-refractivity contribution in [1.29, 1.82) is 5.26 Å². The van der Waals surface area contributed by atoms with Gasteiger partial charge in [-0.15, -0.1) is 0 Å². The van der Waals surface area contributed by atoms with Crippen LogP contribution < -0.4 is 0 Å². The molecule has 0 aliphatic heterocycles. The number of aromatic nitrogens is 1. The molecule has 1 aliphatic rings. The molecule has 2 rings (SSSR count). The van der Waals surface area contributed by atoms with Gasteiger partial charge in [0.1, 0.15) is 0 Å². The van der Waals surface area contributed by atoms with Crippen molar-refractivity contribution in [3.8, 4) is 6.07 Å². The summed E-state index contributed by atoms with van der Waals surface area (Å²) in [5.41, 5.74) is 1.26. The van der Waals surface area contributed by atoms with Gasteiger partial charge < -0.3 is 4.74 Å². The van der Waals surface area contributed by atoms with Gasteiger partial charge in [-0.1, -0.05) is 6.07 Å². The van der Waals surface area contributed by atoms with E-state index in [2.05, 4.69) is 11.1 Å². The number of ether oxygens (including phenoxy) is 1. The first-order valence-electron chi connectivity index (χ1n) is 5.69. The zero-order valence-corrected chi connectivity index (χ0v) is 9.35. The number of hydrogen-bond donors (Lipinski definition) is 0. The Kier molecular flexibility index (Phi) is 3.53. The molecule has 0 saturated heterocycles. The van der Waals surface area contributed by atoms with Gasteiger partial charge in [-0.3, -0.25) is 4.98 Å². The number of nitrogens with zero attached hydrogens (tertiary/aromatic N) is 2. The zero-order chi connectivity index (χ0) is 11.3. The van der Waals surface area contributed by atoms with Crippen LogP contribution in [0.15, 0.2) is 24.4 Å². The van der Waals surface area contributed by atoms with Gasteiger partial charge in [0.05, 0.1) is 19.3 Å². The molecule has 0 atom stereocenters. The van der Waals surface area contributed by atoms with Crippen LogP contribution in [0.1, 0.15) is 25.0 Å². The maximum atomic E-state index is 8.66. The van der Waals surface area contributed by atoms with Gasteiger partial charge in [0, 0.05) is 30.1 Å². The lowest BCUT2D eigenvalue weighted by Gasteiger charge is -2.11. The monoisotopic (exact) mass is 216 g/mol. The molecule has 1 aromatic rings. The summed E-state index contributed by atoms with van der Waals surface area (Å²) >= 11 is 0. The highest BCUT2D eigenvalue weighted by Crippen LogP contribution is 2.48. The van der Waals surface area contributed by atoms with Gasteiger partial charge in [-0.05, 0) is 25.0 Å². The highest BCUT2D eigenvalue weighted by atomic mass is 16.5. The summed E-state index contributed by atoms with van der Waals surface area (Å²) in [6, 6.07) is 8.14. The Morgan fingerprint density at radius 2 is 2.31 bits per heavy atom. The first-order valence-corrected chi connectivity index (χ1v) is 5.69. The van der Waals surface area contributed by atoms with Crippen LogP contribution in [0.4, 0.5) is 0 Å². The van der Waals surface area contributed by atoms with Crippen molar-refractivity contribution in [3.63, 3.8) is 0 Å². The molecule has 0 spiro atoms. The molecule has 1 heterocycles. The largest absolute Gasteiger partial charge is 0.380 e. The SMILES string of the molecule is N#CCC1(COCCc2ccccn2)CC1. The Balaban J connectivity index is 1.65. The van der Waals surface area contributed by atoms with E-state index in [4.69, 9.17) is 10.00 Å². The van der Waals surface area contributed by atoms with Gasteiger partial charge in [0.2, 0.25) is 0 Å². The van der Waals surface area contributed by atoms with Crippen molar-refractivity contribution >= 4 is 0 Å². The number of nitriles is 1.